The molecule has 0 spiro atoms. The lowest BCUT2D eigenvalue weighted by molar-refractivity contribution is -0.124. The van der Waals surface area contributed by atoms with Gasteiger partial charge in [-0.3, -0.25) is 4.79 Å². The van der Waals surface area contributed by atoms with Crippen LogP contribution in [0.5, 0.6) is 0 Å². The van der Waals surface area contributed by atoms with E-state index in [4.69, 9.17) is 23.2 Å². The predicted octanol–water partition coefficient (Wildman–Crippen LogP) is 2.68. The highest BCUT2D eigenvalue weighted by Gasteiger charge is 2.35. The summed E-state index contributed by atoms with van der Waals surface area (Å²) in [6, 6.07) is 8.01. The van der Waals surface area contributed by atoms with Crippen LogP contribution in [0.3, 0.4) is 0 Å². The standard InChI is InChI=1S/C13H15Cl2NO/c1-13(7-14,8-15)16-12(17)11-6-9-4-2-3-5-10(9)11/h2-5,11H,6-8H2,1H3,(H,16,17). The first-order chi connectivity index (χ1) is 8.09. The quantitative estimate of drug-likeness (QED) is 0.839. The topological polar surface area (TPSA) is 29.1 Å². The van der Waals surface area contributed by atoms with Crippen molar-refractivity contribution in [3.05, 3.63) is 35.4 Å². The van der Waals surface area contributed by atoms with E-state index in [0.717, 1.165) is 12.0 Å². The van der Waals surface area contributed by atoms with Gasteiger partial charge in [-0.1, -0.05) is 24.3 Å². The third kappa shape index (κ3) is 2.43. The number of rotatable bonds is 4. The second-order valence-corrected chi connectivity index (χ2v) is 5.31. The maximum absolute atomic E-state index is 12.1. The molecule has 1 aliphatic carbocycles. The minimum Gasteiger partial charge on any atom is -0.348 e. The number of alkyl halides is 2. The summed E-state index contributed by atoms with van der Waals surface area (Å²) >= 11 is 11.6. The molecular weight excluding hydrogens is 257 g/mol. The molecule has 1 unspecified atom stereocenters. The van der Waals surface area contributed by atoms with Crippen LogP contribution >= 0.6 is 23.2 Å². The Kier molecular flexibility index (Phi) is 3.64. The molecule has 1 aromatic carbocycles. The summed E-state index contributed by atoms with van der Waals surface area (Å²) < 4.78 is 0. The van der Waals surface area contributed by atoms with Crippen molar-refractivity contribution >= 4 is 29.1 Å². The van der Waals surface area contributed by atoms with Gasteiger partial charge in [0.25, 0.3) is 0 Å². The van der Waals surface area contributed by atoms with Crippen LogP contribution in [0.25, 0.3) is 0 Å². The van der Waals surface area contributed by atoms with Crippen molar-refractivity contribution in [3.8, 4) is 0 Å². The van der Waals surface area contributed by atoms with Crippen molar-refractivity contribution in [2.45, 2.75) is 24.8 Å². The van der Waals surface area contributed by atoms with E-state index >= 15 is 0 Å². The number of hydrogen-bond donors (Lipinski definition) is 1. The van der Waals surface area contributed by atoms with Crippen molar-refractivity contribution in [3.63, 3.8) is 0 Å². The van der Waals surface area contributed by atoms with Crippen LogP contribution < -0.4 is 5.32 Å². The van der Waals surface area contributed by atoms with E-state index in [2.05, 4.69) is 11.4 Å². The Morgan fingerprint density at radius 1 is 1.41 bits per heavy atom. The number of halogens is 2. The van der Waals surface area contributed by atoms with Gasteiger partial charge in [-0.2, -0.15) is 0 Å². The smallest absolute Gasteiger partial charge is 0.228 e. The van der Waals surface area contributed by atoms with Gasteiger partial charge in [0.05, 0.1) is 11.5 Å². The van der Waals surface area contributed by atoms with Crippen LogP contribution in [0, 0.1) is 0 Å². The average molecular weight is 272 g/mol. The monoisotopic (exact) mass is 271 g/mol. The molecular formula is C13H15Cl2NO. The Bertz CT molecular complexity index is 429. The van der Waals surface area contributed by atoms with Gasteiger partial charge < -0.3 is 5.32 Å². The van der Waals surface area contributed by atoms with E-state index in [-0.39, 0.29) is 11.8 Å². The Labute approximate surface area is 111 Å². The number of nitrogens with one attached hydrogen (secondary N) is 1. The Morgan fingerprint density at radius 2 is 2.06 bits per heavy atom. The first-order valence-corrected chi connectivity index (χ1v) is 6.68. The maximum atomic E-state index is 12.1. The van der Waals surface area contributed by atoms with Gasteiger partial charge in [0.2, 0.25) is 5.91 Å². The fraction of sp³-hybridized carbons (Fsp3) is 0.462. The second-order valence-electron chi connectivity index (χ2n) is 4.77. The van der Waals surface area contributed by atoms with E-state index in [1.165, 1.54) is 5.56 Å². The van der Waals surface area contributed by atoms with Crippen LogP contribution in [0.2, 0.25) is 0 Å². The lowest BCUT2D eigenvalue weighted by atomic mass is 9.77. The molecule has 0 aliphatic heterocycles. The first kappa shape index (κ1) is 12.7. The lowest BCUT2D eigenvalue weighted by Crippen LogP contribution is -2.52. The Balaban J connectivity index is 2.05. The third-order valence-electron chi connectivity index (χ3n) is 3.19. The van der Waals surface area contributed by atoms with Crippen LogP contribution in [0.1, 0.15) is 24.0 Å². The maximum Gasteiger partial charge on any atom is 0.228 e. The second kappa shape index (κ2) is 4.87. The van der Waals surface area contributed by atoms with Gasteiger partial charge in [0.15, 0.2) is 0 Å². The molecule has 0 radical (unpaired) electrons. The number of benzene rings is 1. The molecule has 1 aromatic rings. The normalized spacial score (nSPS) is 18.2. The van der Waals surface area contributed by atoms with E-state index in [1.807, 2.05) is 25.1 Å². The third-order valence-corrected chi connectivity index (χ3v) is 4.37. The zero-order valence-corrected chi connectivity index (χ0v) is 11.2. The molecule has 1 atom stereocenters. The highest BCUT2D eigenvalue weighted by molar-refractivity contribution is 6.22. The van der Waals surface area contributed by atoms with Crippen molar-refractivity contribution in [1.29, 1.82) is 0 Å². The SMILES string of the molecule is CC(CCl)(CCl)NC(=O)C1Cc2ccccc21. The molecule has 4 heteroatoms. The molecule has 0 saturated heterocycles. The molecule has 17 heavy (non-hydrogen) atoms. The van der Waals surface area contributed by atoms with Gasteiger partial charge in [-0.05, 0) is 24.5 Å². The molecule has 0 heterocycles. The fourth-order valence-corrected chi connectivity index (χ4v) is 2.40. The molecule has 1 N–H and O–H groups in total. The molecule has 2 rings (SSSR count). The highest BCUT2D eigenvalue weighted by atomic mass is 35.5. The summed E-state index contributed by atoms with van der Waals surface area (Å²) in [6.45, 7) is 1.86. The van der Waals surface area contributed by atoms with Crippen molar-refractivity contribution in [1.82, 2.24) is 5.32 Å². The molecule has 1 aliphatic rings. The minimum absolute atomic E-state index is 0.0208. The first-order valence-electron chi connectivity index (χ1n) is 5.61. The molecule has 0 bridgehead atoms. The molecule has 0 fully saturated rings. The highest BCUT2D eigenvalue weighted by Crippen LogP contribution is 2.35. The van der Waals surface area contributed by atoms with Crippen LogP contribution in [0.15, 0.2) is 24.3 Å². The van der Waals surface area contributed by atoms with E-state index in [0.29, 0.717) is 11.8 Å². The van der Waals surface area contributed by atoms with Gasteiger partial charge >= 0.3 is 0 Å². The van der Waals surface area contributed by atoms with Crippen molar-refractivity contribution < 1.29 is 4.79 Å². The fourth-order valence-electron chi connectivity index (χ4n) is 1.98. The number of carbonyl (C=O) groups is 1. The summed E-state index contributed by atoms with van der Waals surface area (Å²) in [5, 5.41) is 2.93. The number of amides is 1. The molecule has 92 valence electrons. The van der Waals surface area contributed by atoms with Crippen molar-refractivity contribution in [2.75, 3.05) is 11.8 Å². The average Bonchev–Trinajstić information content (AvgIpc) is 2.30. The predicted molar refractivity (Wildman–Crippen MR) is 70.9 cm³/mol. The summed E-state index contributed by atoms with van der Waals surface area (Å²) in [7, 11) is 0. The van der Waals surface area contributed by atoms with Gasteiger partial charge in [0, 0.05) is 11.8 Å². The Hall–Kier alpha value is -0.730. The zero-order valence-electron chi connectivity index (χ0n) is 9.67. The van der Waals surface area contributed by atoms with E-state index < -0.39 is 5.54 Å². The molecule has 0 aromatic heterocycles. The molecule has 1 amide bonds. The van der Waals surface area contributed by atoms with E-state index in [9.17, 15) is 4.79 Å². The number of fused-ring (bicyclic) bond motifs is 1. The number of carbonyl (C=O) groups excluding carboxylic acids is 1. The summed E-state index contributed by atoms with van der Waals surface area (Å²) in [5.74, 6) is 0.609. The summed E-state index contributed by atoms with van der Waals surface area (Å²) in [4.78, 5) is 12.1. The molecule has 2 nitrogen and oxygen atoms in total. The van der Waals surface area contributed by atoms with Gasteiger partial charge in [-0.25, -0.2) is 0 Å². The molecule has 0 saturated carbocycles. The van der Waals surface area contributed by atoms with E-state index in [1.54, 1.807) is 0 Å². The van der Waals surface area contributed by atoms with Crippen LogP contribution in [-0.2, 0) is 11.2 Å². The van der Waals surface area contributed by atoms with Gasteiger partial charge in [0.1, 0.15) is 0 Å². The summed E-state index contributed by atoms with van der Waals surface area (Å²) in [5.41, 5.74) is 1.85. The lowest BCUT2D eigenvalue weighted by Gasteiger charge is -2.33. The number of hydrogen-bond acceptors (Lipinski definition) is 1. The Morgan fingerprint density at radius 3 is 2.65 bits per heavy atom. The largest absolute Gasteiger partial charge is 0.348 e. The van der Waals surface area contributed by atoms with Crippen LogP contribution in [-0.4, -0.2) is 23.2 Å². The van der Waals surface area contributed by atoms with Crippen LogP contribution in [0.4, 0.5) is 0 Å². The zero-order chi connectivity index (χ0) is 12.5. The van der Waals surface area contributed by atoms with Crippen molar-refractivity contribution in [2.24, 2.45) is 0 Å². The minimum atomic E-state index is -0.523. The van der Waals surface area contributed by atoms with Gasteiger partial charge in [-0.15, -0.1) is 23.2 Å². The summed E-state index contributed by atoms with van der Waals surface area (Å²) in [6.07, 6.45) is 0.808.